The van der Waals surface area contributed by atoms with Crippen molar-refractivity contribution in [3.05, 3.63) is 71.7 Å². The summed E-state index contributed by atoms with van der Waals surface area (Å²) in [4.78, 5) is 27.3. The predicted molar refractivity (Wildman–Crippen MR) is 137 cm³/mol. The molecule has 4 atom stereocenters. The molecule has 4 unspecified atom stereocenters. The number of hydrogen-bond acceptors (Lipinski definition) is 4. The summed E-state index contributed by atoms with van der Waals surface area (Å²) in [5.41, 5.74) is 2.72. The molecular formula is C30H39NO4. The van der Waals surface area contributed by atoms with Gasteiger partial charge in [-0.15, -0.1) is 0 Å². The Hall–Kier alpha value is -2.82. The third-order valence-electron chi connectivity index (χ3n) is 8.96. The van der Waals surface area contributed by atoms with Gasteiger partial charge in [-0.1, -0.05) is 43.7 Å². The van der Waals surface area contributed by atoms with E-state index in [9.17, 15) is 9.59 Å². The number of aryl methyl sites for hydroxylation is 1. The van der Waals surface area contributed by atoms with Crippen LogP contribution >= 0.6 is 0 Å². The van der Waals surface area contributed by atoms with Gasteiger partial charge in [0.05, 0.1) is 25.3 Å². The monoisotopic (exact) mass is 477 g/mol. The molecule has 0 saturated heterocycles. The highest BCUT2D eigenvalue weighted by molar-refractivity contribution is 5.93. The molecule has 2 aliphatic rings. The van der Waals surface area contributed by atoms with Crippen molar-refractivity contribution in [3.63, 3.8) is 0 Å². The lowest BCUT2D eigenvalue weighted by molar-refractivity contribution is -0.168. The molecule has 1 amide bonds. The van der Waals surface area contributed by atoms with Crippen molar-refractivity contribution in [2.75, 3.05) is 14.2 Å². The SMILES string of the molecule is C=C1CCC2C(C)(C(=O)OC)CCCC2(C)C1CCc1ccoc1CN(C)C(=O)c1ccccc1. The molecule has 0 spiro atoms. The van der Waals surface area contributed by atoms with Crippen LogP contribution in [0.3, 0.4) is 0 Å². The minimum Gasteiger partial charge on any atom is -0.469 e. The van der Waals surface area contributed by atoms with Gasteiger partial charge in [0, 0.05) is 12.6 Å². The van der Waals surface area contributed by atoms with Gasteiger partial charge < -0.3 is 14.1 Å². The Morgan fingerprint density at radius 3 is 2.63 bits per heavy atom. The molecule has 5 heteroatoms. The highest BCUT2D eigenvalue weighted by atomic mass is 16.5. The van der Waals surface area contributed by atoms with Crippen LogP contribution in [0.2, 0.25) is 0 Å². The number of carbonyl (C=O) groups is 2. The maximum Gasteiger partial charge on any atom is 0.311 e. The first kappa shape index (κ1) is 25.3. The molecule has 1 heterocycles. The van der Waals surface area contributed by atoms with Crippen molar-refractivity contribution < 1.29 is 18.7 Å². The number of esters is 1. The Bertz CT molecular complexity index is 1070. The fraction of sp³-hybridized carbons (Fsp3) is 0.533. The van der Waals surface area contributed by atoms with Crippen molar-refractivity contribution in [2.24, 2.45) is 22.7 Å². The topological polar surface area (TPSA) is 59.8 Å². The van der Waals surface area contributed by atoms with Gasteiger partial charge in [-0.3, -0.25) is 9.59 Å². The second-order valence-electron chi connectivity index (χ2n) is 11.0. The van der Waals surface area contributed by atoms with Crippen LogP contribution in [0.4, 0.5) is 0 Å². The number of hydrogen-bond donors (Lipinski definition) is 0. The zero-order valence-electron chi connectivity index (χ0n) is 21.6. The van der Waals surface area contributed by atoms with Gasteiger partial charge in [-0.25, -0.2) is 0 Å². The molecule has 2 aliphatic carbocycles. The first-order valence-electron chi connectivity index (χ1n) is 12.8. The summed E-state index contributed by atoms with van der Waals surface area (Å²) in [6.45, 7) is 9.39. The standard InChI is InChI=1S/C30H39NO4/c1-21-12-15-26-29(2,17-9-18-30(26,3)28(33)34-5)24(21)14-13-22-16-19-35-25(22)20-31(4)27(32)23-10-7-6-8-11-23/h6-8,10-11,16,19,24,26H,1,9,12-15,17-18,20H2,2-5H3. The van der Waals surface area contributed by atoms with Gasteiger partial charge >= 0.3 is 5.97 Å². The van der Waals surface area contributed by atoms with E-state index in [4.69, 9.17) is 9.15 Å². The van der Waals surface area contributed by atoms with Crippen molar-refractivity contribution in [3.8, 4) is 0 Å². The maximum absolute atomic E-state index is 12.8. The molecule has 4 rings (SSSR count). The lowest BCUT2D eigenvalue weighted by atomic mass is 9.46. The Balaban J connectivity index is 1.48. The van der Waals surface area contributed by atoms with Crippen LogP contribution in [-0.2, 0) is 22.5 Å². The summed E-state index contributed by atoms with van der Waals surface area (Å²) in [7, 11) is 3.32. The largest absolute Gasteiger partial charge is 0.469 e. The van der Waals surface area contributed by atoms with E-state index >= 15 is 0 Å². The van der Waals surface area contributed by atoms with Crippen molar-refractivity contribution in [2.45, 2.75) is 65.3 Å². The number of rotatable bonds is 7. The van der Waals surface area contributed by atoms with E-state index in [0.717, 1.165) is 56.3 Å². The number of ether oxygens (including phenoxy) is 1. The normalized spacial score (nSPS) is 28.3. The molecule has 0 aliphatic heterocycles. The number of amides is 1. The van der Waals surface area contributed by atoms with Gasteiger partial charge in [-0.05, 0) is 86.5 Å². The Morgan fingerprint density at radius 1 is 1.17 bits per heavy atom. The molecule has 0 radical (unpaired) electrons. The lowest BCUT2D eigenvalue weighted by Crippen LogP contribution is -2.53. The number of furan rings is 1. The fourth-order valence-electron chi connectivity index (χ4n) is 7.08. The Kier molecular flexibility index (Phi) is 7.25. The number of methoxy groups -OCH3 is 1. The first-order chi connectivity index (χ1) is 16.7. The number of allylic oxidation sites excluding steroid dienone is 1. The molecule has 188 valence electrons. The fourth-order valence-corrected chi connectivity index (χ4v) is 7.08. The highest BCUT2D eigenvalue weighted by Crippen LogP contribution is 2.62. The summed E-state index contributed by atoms with van der Waals surface area (Å²) in [5.74, 6) is 1.39. The number of carbonyl (C=O) groups excluding carboxylic acids is 2. The van der Waals surface area contributed by atoms with Crippen molar-refractivity contribution in [1.29, 1.82) is 0 Å². The molecular weight excluding hydrogens is 438 g/mol. The summed E-state index contributed by atoms with van der Waals surface area (Å²) in [6, 6.07) is 11.4. The summed E-state index contributed by atoms with van der Waals surface area (Å²) >= 11 is 0. The number of nitrogens with zero attached hydrogens (tertiary/aromatic N) is 1. The van der Waals surface area contributed by atoms with E-state index < -0.39 is 5.41 Å². The average molecular weight is 478 g/mol. The van der Waals surface area contributed by atoms with E-state index in [1.54, 1.807) is 11.2 Å². The summed E-state index contributed by atoms with van der Waals surface area (Å²) in [5, 5.41) is 0. The highest BCUT2D eigenvalue weighted by Gasteiger charge is 2.57. The molecule has 5 nitrogen and oxygen atoms in total. The van der Waals surface area contributed by atoms with E-state index in [1.807, 2.05) is 43.4 Å². The van der Waals surface area contributed by atoms with Gasteiger partial charge in [0.15, 0.2) is 0 Å². The zero-order chi connectivity index (χ0) is 25.2. The van der Waals surface area contributed by atoms with E-state index in [0.29, 0.717) is 23.9 Å². The lowest BCUT2D eigenvalue weighted by Gasteiger charge is -2.57. The van der Waals surface area contributed by atoms with Crippen LogP contribution in [0.5, 0.6) is 0 Å². The van der Waals surface area contributed by atoms with Crippen LogP contribution in [0, 0.1) is 22.7 Å². The molecule has 2 fully saturated rings. The Morgan fingerprint density at radius 2 is 1.91 bits per heavy atom. The van der Waals surface area contributed by atoms with Gasteiger partial charge in [0.25, 0.3) is 5.91 Å². The van der Waals surface area contributed by atoms with Gasteiger partial charge in [0.2, 0.25) is 0 Å². The number of fused-ring (bicyclic) bond motifs is 1. The van der Waals surface area contributed by atoms with E-state index in [-0.39, 0.29) is 17.3 Å². The molecule has 1 aromatic heterocycles. The zero-order valence-corrected chi connectivity index (χ0v) is 21.6. The van der Waals surface area contributed by atoms with Crippen LogP contribution < -0.4 is 0 Å². The average Bonchev–Trinajstić information content (AvgIpc) is 3.29. The number of benzene rings is 1. The summed E-state index contributed by atoms with van der Waals surface area (Å²) < 4.78 is 11.1. The van der Waals surface area contributed by atoms with Gasteiger partial charge in [0.1, 0.15) is 5.76 Å². The van der Waals surface area contributed by atoms with Crippen molar-refractivity contribution in [1.82, 2.24) is 4.90 Å². The minimum atomic E-state index is -0.429. The molecule has 1 aromatic carbocycles. The van der Waals surface area contributed by atoms with Crippen LogP contribution in [0.1, 0.15) is 74.1 Å². The predicted octanol–water partition coefficient (Wildman–Crippen LogP) is 6.44. The van der Waals surface area contributed by atoms with E-state index in [1.165, 1.54) is 12.7 Å². The van der Waals surface area contributed by atoms with Crippen LogP contribution in [0.15, 0.2) is 59.2 Å². The Labute approximate surface area is 209 Å². The van der Waals surface area contributed by atoms with E-state index in [2.05, 4.69) is 20.4 Å². The molecule has 0 N–H and O–H groups in total. The first-order valence-corrected chi connectivity index (χ1v) is 12.8. The summed E-state index contributed by atoms with van der Waals surface area (Å²) in [6.07, 6.45) is 8.55. The second kappa shape index (κ2) is 10.0. The van der Waals surface area contributed by atoms with Crippen molar-refractivity contribution >= 4 is 11.9 Å². The quantitative estimate of drug-likeness (QED) is 0.340. The van der Waals surface area contributed by atoms with Crippen LogP contribution in [0.25, 0.3) is 0 Å². The molecule has 35 heavy (non-hydrogen) atoms. The van der Waals surface area contributed by atoms with Crippen LogP contribution in [-0.4, -0.2) is 30.9 Å². The third-order valence-corrected chi connectivity index (χ3v) is 8.96. The molecule has 2 saturated carbocycles. The van der Waals surface area contributed by atoms with Gasteiger partial charge in [-0.2, -0.15) is 0 Å². The minimum absolute atomic E-state index is 0.0201. The molecule has 0 bridgehead atoms. The smallest absolute Gasteiger partial charge is 0.311 e. The maximum atomic E-state index is 12.8. The molecule has 2 aromatic rings. The second-order valence-corrected chi connectivity index (χ2v) is 11.0. The third kappa shape index (κ3) is 4.70.